The van der Waals surface area contributed by atoms with E-state index in [0.29, 0.717) is 19.2 Å². The van der Waals surface area contributed by atoms with Gasteiger partial charge in [-0.2, -0.15) is 0 Å². The third-order valence-electron chi connectivity index (χ3n) is 8.07. The van der Waals surface area contributed by atoms with E-state index in [1.807, 2.05) is 42.3 Å². The number of hydrogen-bond acceptors (Lipinski definition) is 6. The lowest BCUT2D eigenvalue weighted by Gasteiger charge is -2.32. The lowest BCUT2D eigenvalue weighted by Crippen LogP contribution is -2.35. The number of aliphatic hydroxyl groups excluding tert-OH is 1. The Morgan fingerprint density at radius 1 is 1.10 bits per heavy atom. The first-order chi connectivity index (χ1) is 18.8. The molecule has 1 unspecified atom stereocenters. The van der Waals surface area contributed by atoms with Crippen molar-refractivity contribution >= 4 is 16.8 Å². The van der Waals surface area contributed by atoms with E-state index in [9.17, 15) is 10.2 Å². The Balaban J connectivity index is 1.43. The third-order valence-corrected chi connectivity index (χ3v) is 8.07. The molecule has 2 N–H and O–H groups in total. The smallest absolute Gasteiger partial charge is 0.150 e. The van der Waals surface area contributed by atoms with Crippen molar-refractivity contribution < 1.29 is 19.7 Å². The van der Waals surface area contributed by atoms with E-state index in [1.165, 1.54) is 6.42 Å². The molecule has 1 fully saturated rings. The van der Waals surface area contributed by atoms with Crippen LogP contribution in [0.25, 0.3) is 11.1 Å². The topological polar surface area (TPSA) is 65.4 Å². The molecular formula is C33H40N2O4. The highest BCUT2D eigenvalue weighted by molar-refractivity contribution is 5.96. The molecule has 1 saturated heterocycles. The quantitative estimate of drug-likeness (QED) is 0.356. The fourth-order valence-corrected chi connectivity index (χ4v) is 5.67. The number of hydrogen-bond donors (Lipinski definition) is 2. The highest BCUT2D eigenvalue weighted by Gasteiger charge is 2.30. The van der Waals surface area contributed by atoms with Crippen molar-refractivity contribution in [1.29, 1.82) is 0 Å². The second-order valence-corrected chi connectivity index (χ2v) is 11.0. The van der Waals surface area contributed by atoms with E-state index in [4.69, 9.17) is 9.47 Å². The van der Waals surface area contributed by atoms with Gasteiger partial charge in [-0.1, -0.05) is 31.2 Å². The van der Waals surface area contributed by atoms with Crippen LogP contribution < -0.4 is 14.4 Å². The molecule has 0 radical (unpaired) electrons. The normalized spacial score (nSPS) is 19.9. The number of aliphatic hydroxyl groups is 1. The fourth-order valence-electron chi connectivity index (χ4n) is 5.67. The van der Waals surface area contributed by atoms with Gasteiger partial charge in [-0.15, -0.1) is 0 Å². The molecule has 2 heterocycles. The van der Waals surface area contributed by atoms with Crippen LogP contribution in [0.1, 0.15) is 50.0 Å². The van der Waals surface area contributed by atoms with Crippen LogP contribution in [0, 0.1) is 5.92 Å². The van der Waals surface area contributed by atoms with Crippen molar-refractivity contribution in [3.8, 4) is 17.2 Å². The molecule has 6 heteroatoms. The standard InChI is InChI=1S/C33H40N2O4/c1-22-14-15-35(20-22)23(2)21-38-29-11-8-25(9-12-29)33-32(26-6-5-7-28(37)18-26)24(3)30-13-10-27(19-31(30)39-33)34(4)16-17-36/h5-13,18-19,22-23,33,36-37H,14-17,20-21H2,1-4H3/t22-,23+,33?/m1/s1. The first kappa shape index (κ1) is 27.1. The van der Waals surface area contributed by atoms with Crippen molar-refractivity contribution in [2.24, 2.45) is 5.92 Å². The maximum absolute atomic E-state index is 10.3. The number of anilines is 1. The predicted octanol–water partition coefficient (Wildman–Crippen LogP) is 5.99. The molecule has 3 aromatic carbocycles. The van der Waals surface area contributed by atoms with Gasteiger partial charge in [0.25, 0.3) is 0 Å². The molecule has 0 saturated carbocycles. The number of likely N-dealkylation sites (N-methyl/N-ethyl adjacent to an activating group) is 1. The largest absolute Gasteiger partial charge is 0.508 e. The molecule has 0 aromatic heterocycles. The Labute approximate surface area is 232 Å². The van der Waals surface area contributed by atoms with Gasteiger partial charge < -0.3 is 24.6 Å². The van der Waals surface area contributed by atoms with E-state index < -0.39 is 0 Å². The zero-order chi connectivity index (χ0) is 27.5. The number of benzene rings is 3. The van der Waals surface area contributed by atoms with Crippen LogP contribution in [-0.4, -0.2) is 61.1 Å². The minimum atomic E-state index is -0.350. The highest BCUT2D eigenvalue weighted by Crippen LogP contribution is 2.48. The van der Waals surface area contributed by atoms with Crippen molar-refractivity contribution in [2.45, 2.75) is 39.3 Å². The zero-order valence-electron chi connectivity index (χ0n) is 23.4. The number of phenols is 1. The van der Waals surface area contributed by atoms with Gasteiger partial charge in [-0.25, -0.2) is 0 Å². The minimum absolute atomic E-state index is 0.0853. The Hall–Kier alpha value is -3.48. The maximum Gasteiger partial charge on any atom is 0.150 e. The summed E-state index contributed by atoms with van der Waals surface area (Å²) in [7, 11) is 1.96. The van der Waals surface area contributed by atoms with Crippen LogP contribution in [0.5, 0.6) is 17.2 Å². The summed E-state index contributed by atoms with van der Waals surface area (Å²) in [5.41, 5.74) is 6.09. The molecule has 3 aromatic rings. The van der Waals surface area contributed by atoms with E-state index in [0.717, 1.165) is 64.0 Å². The summed E-state index contributed by atoms with van der Waals surface area (Å²) < 4.78 is 12.9. The lowest BCUT2D eigenvalue weighted by molar-refractivity contribution is 0.169. The fraction of sp³-hybridized carbons (Fsp3) is 0.394. The van der Waals surface area contributed by atoms with Crippen molar-refractivity contribution in [3.63, 3.8) is 0 Å². The lowest BCUT2D eigenvalue weighted by atomic mass is 9.86. The van der Waals surface area contributed by atoms with Gasteiger partial charge in [-0.3, -0.25) is 4.90 Å². The van der Waals surface area contributed by atoms with Gasteiger partial charge >= 0.3 is 0 Å². The number of allylic oxidation sites excluding steroid dienone is 1. The van der Waals surface area contributed by atoms with Gasteiger partial charge in [0.2, 0.25) is 0 Å². The molecule has 3 atom stereocenters. The van der Waals surface area contributed by atoms with E-state index in [1.54, 1.807) is 12.1 Å². The van der Waals surface area contributed by atoms with Crippen LogP contribution in [0.3, 0.4) is 0 Å². The molecular weight excluding hydrogens is 488 g/mol. The molecule has 2 aliphatic heterocycles. The SMILES string of the molecule is CC1=C(c2cccc(O)c2)C(c2ccc(OC[C@H](C)N3CC[C@@H](C)C3)cc2)Oc2cc(N(C)CCO)ccc21. The van der Waals surface area contributed by atoms with Gasteiger partial charge in [0.1, 0.15) is 30.0 Å². The average Bonchev–Trinajstić information content (AvgIpc) is 3.38. The Morgan fingerprint density at radius 3 is 2.59 bits per heavy atom. The number of fused-ring (bicyclic) bond motifs is 1. The summed E-state index contributed by atoms with van der Waals surface area (Å²) in [4.78, 5) is 4.52. The predicted molar refractivity (Wildman–Crippen MR) is 158 cm³/mol. The molecule has 2 aliphatic rings. The minimum Gasteiger partial charge on any atom is -0.508 e. The van der Waals surface area contributed by atoms with Crippen LogP contribution in [0.4, 0.5) is 5.69 Å². The Kier molecular flexibility index (Phi) is 8.15. The zero-order valence-corrected chi connectivity index (χ0v) is 23.4. The van der Waals surface area contributed by atoms with E-state index in [2.05, 4.69) is 49.9 Å². The molecule has 0 spiro atoms. The summed E-state index contributed by atoms with van der Waals surface area (Å²) in [6.45, 7) is 10.2. The summed E-state index contributed by atoms with van der Waals surface area (Å²) in [5.74, 6) is 2.64. The summed E-state index contributed by atoms with van der Waals surface area (Å²) in [6.07, 6.45) is 0.911. The molecule has 0 aliphatic carbocycles. The summed E-state index contributed by atoms with van der Waals surface area (Å²) >= 11 is 0. The number of nitrogens with zero attached hydrogens (tertiary/aromatic N) is 2. The second kappa shape index (κ2) is 11.7. The maximum atomic E-state index is 10.3. The van der Waals surface area contributed by atoms with Crippen molar-refractivity contribution in [3.05, 3.63) is 83.4 Å². The summed E-state index contributed by atoms with van der Waals surface area (Å²) in [6, 6.07) is 22.1. The summed E-state index contributed by atoms with van der Waals surface area (Å²) in [5, 5.41) is 19.6. The molecule has 39 heavy (non-hydrogen) atoms. The Bertz CT molecular complexity index is 1320. The first-order valence-electron chi connectivity index (χ1n) is 13.9. The Morgan fingerprint density at radius 2 is 1.90 bits per heavy atom. The van der Waals surface area contributed by atoms with Crippen LogP contribution in [0.2, 0.25) is 0 Å². The molecule has 0 bridgehead atoms. The number of ether oxygens (including phenoxy) is 2. The second-order valence-electron chi connectivity index (χ2n) is 11.0. The average molecular weight is 529 g/mol. The monoisotopic (exact) mass is 528 g/mol. The molecule has 5 rings (SSSR count). The van der Waals surface area contributed by atoms with Crippen LogP contribution in [0.15, 0.2) is 66.7 Å². The van der Waals surface area contributed by atoms with Crippen molar-refractivity contribution in [2.75, 3.05) is 44.8 Å². The van der Waals surface area contributed by atoms with Crippen molar-refractivity contribution in [1.82, 2.24) is 4.90 Å². The first-order valence-corrected chi connectivity index (χ1v) is 13.9. The van der Waals surface area contributed by atoms with Crippen LogP contribution in [-0.2, 0) is 0 Å². The molecule has 6 nitrogen and oxygen atoms in total. The van der Waals surface area contributed by atoms with Crippen LogP contribution >= 0.6 is 0 Å². The van der Waals surface area contributed by atoms with Gasteiger partial charge in [0, 0.05) is 49.1 Å². The molecule has 0 amide bonds. The number of phenolic OH excluding ortho intramolecular Hbond substituents is 1. The molecule has 206 valence electrons. The highest BCUT2D eigenvalue weighted by atomic mass is 16.5. The number of aromatic hydroxyl groups is 1. The van der Waals surface area contributed by atoms with E-state index >= 15 is 0 Å². The van der Waals surface area contributed by atoms with Gasteiger partial charge in [0.05, 0.1) is 6.61 Å². The van der Waals surface area contributed by atoms with Gasteiger partial charge in [-0.05, 0) is 85.8 Å². The number of rotatable bonds is 9. The van der Waals surface area contributed by atoms with Gasteiger partial charge in [0.15, 0.2) is 0 Å². The number of likely N-dealkylation sites (tertiary alicyclic amines) is 1. The van der Waals surface area contributed by atoms with E-state index in [-0.39, 0.29) is 18.5 Å². The third kappa shape index (κ3) is 5.92.